The molecule has 0 amide bonds. The Morgan fingerprint density at radius 2 is 1.68 bits per heavy atom. The Bertz CT molecular complexity index is 459. The minimum atomic E-state index is 0.118. The van der Waals surface area contributed by atoms with Crippen molar-refractivity contribution in [1.29, 1.82) is 0 Å². The molecule has 2 nitrogen and oxygen atoms in total. The maximum absolute atomic E-state index is 5.72. The lowest BCUT2D eigenvalue weighted by Crippen LogP contribution is -2.44. The zero-order valence-electron chi connectivity index (χ0n) is 16.8. The molecule has 2 heteroatoms. The van der Waals surface area contributed by atoms with Gasteiger partial charge in [-0.2, -0.15) is 0 Å². The molecule has 142 valence electrons. The third kappa shape index (κ3) is 8.37. The van der Waals surface area contributed by atoms with Crippen LogP contribution >= 0.6 is 0 Å². The largest absolute Gasteiger partial charge is 0.377 e. The first kappa shape index (κ1) is 20.5. The molecule has 1 N–H and O–H groups in total. The van der Waals surface area contributed by atoms with Gasteiger partial charge < -0.3 is 10.1 Å². The SMILES string of the molecule is CCCCCCCCc1ccc(CC(C)(C)NCC2CCCO2)cc1. The summed E-state index contributed by atoms with van der Waals surface area (Å²) in [5.74, 6) is 0. The van der Waals surface area contributed by atoms with Crippen LogP contribution in [0.2, 0.25) is 0 Å². The van der Waals surface area contributed by atoms with Crippen molar-refractivity contribution < 1.29 is 4.74 Å². The van der Waals surface area contributed by atoms with Crippen LogP contribution in [0.25, 0.3) is 0 Å². The second-order valence-corrected chi connectivity index (χ2v) is 8.41. The molecule has 1 atom stereocenters. The van der Waals surface area contributed by atoms with Gasteiger partial charge in [0.05, 0.1) is 6.10 Å². The fourth-order valence-corrected chi connectivity index (χ4v) is 3.70. The van der Waals surface area contributed by atoms with Crippen molar-refractivity contribution in [1.82, 2.24) is 5.32 Å². The van der Waals surface area contributed by atoms with Crippen molar-refractivity contribution in [3.63, 3.8) is 0 Å². The van der Waals surface area contributed by atoms with Gasteiger partial charge in [-0.05, 0) is 57.1 Å². The number of nitrogens with one attached hydrogen (secondary N) is 1. The van der Waals surface area contributed by atoms with Crippen LogP contribution in [0.4, 0.5) is 0 Å². The van der Waals surface area contributed by atoms with Crippen LogP contribution in [0.5, 0.6) is 0 Å². The Labute approximate surface area is 155 Å². The number of aryl methyl sites for hydroxylation is 1. The fourth-order valence-electron chi connectivity index (χ4n) is 3.70. The van der Waals surface area contributed by atoms with Gasteiger partial charge in [0.1, 0.15) is 0 Å². The van der Waals surface area contributed by atoms with Gasteiger partial charge in [-0.1, -0.05) is 63.3 Å². The van der Waals surface area contributed by atoms with Gasteiger partial charge in [0.15, 0.2) is 0 Å². The van der Waals surface area contributed by atoms with E-state index in [-0.39, 0.29) is 5.54 Å². The van der Waals surface area contributed by atoms with E-state index in [1.807, 2.05) is 0 Å². The quantitative estimate of drug-likeness (QED) is 0.492. The molecule has 1 aromatic rings. The molecule has 0 saturated carbocycles. The topological polar surface area (TPSA) is 21.3 Å². The van der Waals surface area contributed by atoms with Gasteiger partial charge in [0.25, 0.3) is 0 Å². The van der Waals surface area contributed by atoms with Crippen molar-refractivity contribution in [3.8, 4) is 0 Å². The van der Waals surface area contributed by atoms with E-state index in [0.29, 0.717) is 6.10 Å². The van der Waals surface area contributed by atoms with Crippen LogP contribution in [0.15, 0.2) is 24.3 Å². The van der Waals surface area contributed by atoms with E-state index < -0.39 is 0 Å². The first-order chi connectivity index (χ1) is 12.1. The smallest absolute Gasteiger partial charge is 0.0700 e. The second-order valence-electron chi connectivity index (χ2n) is 8.41. The van der Waals surface area contributed by atoms with Crippen molar-refractivity contribution >= 4 is 0 Å². The number of hydrogen-bond donors (Lipinski definition) is 1. The first-order valence-corrected chi connectivity index (χ1v) is 10.5. The fraction of sp³-hybridized carbons (Fsp3) is 0.739. The van der Waals surface area contributed by atoms with Crippen LogP contribution in [0, 0.1) is 0 Å². The number of rotatable bonds is 12. The summed E-state index contributed by atoms with van der Waals surface area (Å²) >= 11 is 0. The summed E-state index contributed by atoms with van der Waals surface area (Å²) in [6, 6.07) is 9.30. The van der Waals surface area contributed by atoms with E-state index >= 15 is 0 Å². The molecule has 1 aliphatic rings. The molecule has 1 unspecified atom stereocenters. The zero-order chi connectivity index (χ0) is 18.0. The lowest BCUT2D eigenvalue weighted by atomic mass is 9.93. The van der Waals surface area contributed by atoms with Gasteiger partial charge in [0, 0.05) is 18.7 Å². The third-order valence-electron chi connectivity index (χ3n) is 5.32. The molecule has 1 heterocycles. The van der Waals surface area contributed by atoms with Crippen LogP contribution < -0.4 is 5.32 Å². The van der Waals surface area contributed by atoms with Gasteiger partial charge in [-0.25, -0.2) is 0 Å². The second kappa shape index (κ2) is 11.0. The minimum absolute atomic E-state index is 0.118. The average Bonchev–Trinajstić information content (AvgIpc) is 3.11. The van der Waals surface area contributed by atoms with Crippen molar-refractivity contribution in [2.45, 2.75) is 96.6 Å². The highest BCUT2D eigenvalue weighted by Gasteiger charge is 2.22. The molecule has 0 aliphatic carbocycles. The van der Waals surface area contributed by atoms with E-state index in [4.69, 9.17) is 4.74 Å². The zero-order valence-corrected chi connectivity index (χ0v) is 16.8. The monoisotopic (exact) mass is 345 g/mol. The number of ether oxygens (including phenoxy) is 1. The van der Waals surface area contributed by atoms with Crippen LogP contribution in [0.3, 0.4) is 0 Å². The van der Waals surface area contributed by atoms with Crippen LogP contribution in [0.1, 0.15) is 83.3 Å². The molecule has 25 heavy (non-hydrogen) atoms. The molecule has 1 aliphatic heterocycles. The Hall–Kier alpha value is -0.860. The molecule has 0 bridgehead atoms. The molecule has 0 spiro atoms. The summed E-state index contributed by atoms with van der Waals surface area (Å²) in [5.41, 5.74) is 3.04. The van der Waals surface area contributed by atoms with Gasteiger partial charge in [-0.3, -0.25) is 0 Å². The standard InChI is InChI=1S/C23H39NO/c1-4-5-6-7-8-9-11-20-13-15-21(16-14-20)18-23(2,3)24-19-22-12-10-17-25-22/h13-16,22,24H,4-12,17-19H2,1-3H3. The maximum atomic E-state index is 5.72. The lowest BCUT2D eigenvalue weighted by molar-refractivity contribution is 0.103. The molecule has 1 fully saturated rings. The first-order valence-electron chi connectivity index (χ1n) is 10.5. The highest BCUT2D eigenvalue weighted by Crippen LogP contribution is 2.17. The number of unbranched alkanes of at least 4 members (excludes halogenated alkanes) is 5. The van der Waals surface area contributed by atoms with Crippen LogP contribution in [-0.4, -0.2) is 24.8 Å². The molecular formula is C23H39NO. The van der Waals surface area contributed by atoms with E-state index in [0.717, 1.165) is 19.6 Å². The molecule has 0 aromatic heterocycles. The molecule has 2 rings (SSSR count). The highest BCUT2D eigenvalue weighted by molar-refractivity contribution is 5.24. The van der Waals surface area contributed by atoms with Crippen molar-refractivity contribution in [2.75, 3.05) is 13.2 Å². The summed E-state index contributed by atoms with van der Waals surface area (Å²) in [4.78, 5) is 0. The van der Waals surface area contributed by atoms with Gasteiger partial charge >= 0.3 is 0 Å². The Kier molecular flexibility index (Phi) is 8.98. The van der Waals surface area contributed by atoms with E-state index in [1.165, 1.54) is 68.9 Å². The molecule has 0 radical (unpaired) electrons. The van der Waals surface area contributed by atoms with E-state index in [1.54, 1.807) is 0 Å². The number of hydrogen-bond acceptors (Lipinski definition) is 2. The van der Waals surface area contributed by atoms with Gasteiger partial charge in [-0.15, -0.1) is 0 Å². The summed E-state index contributed by atoms with van der Waals surface area (Å²) in [6.07, 6.45) is 13.4. The average molecular weight is 346 g/mol. The van der Waals surface area contributed by atoms with Crippen LogP contribution in [-0.2, 0) is 17.6 Å². The van der Waals surface area contributed by atoms with E-state index in [9.17, 15) is 0 Å². The normalized spacial score (nSPS) is 18.0. The van der Waals surface area contributed by atoms with Gasteiger partial charge in [0.2, 0.25) is 0 Å². The minimum Gasteiger partial charge on any atom is -0.377 e. The summed E-state index contributed by atoms with van der Waals surface area (Å²) in [7, 11) is 0. The summed E-state index contributed by atoms with van der Waals surface area (Å²) < 4.78 is 5.72. The maximum Gasteiger partial charge on any atom is 0.0700 e. The predicted octanol–water partition coefficient (Wildman–Crippen LogP) is 5.68. The van der Waals surface area contributed by atoms with Crippen molar-refractivity contribution in [3.05, 3.63) is 35.4 Å². The molecule has 1 aromatic carbocycles. The third-order valence-corrected chi connectivity index (χ3v) is 5.32. The summed E-state index contributed by atoms with van der Waals surface area (Å²) in [6.45, 7) is 8.79. The Morgan fingerprint density at radius 1 is 1.00 bits per heavy atom. The predicted molar refractivity (Wildman–Crippen MR) is 108 cm³/mol. The molecular weight excluding hydrogens is 306 g/mol. The lowest BCUT2D eigenvalue weighted by Gasteiger charge is -2.28. The Balaban J connectivity index is 1.67. The number of benzene rings is 1. The Morgan fingerprint density at radius 3 is 2.36 bits per heavy atom. The summed E-state index contributed by atoms with van der Waals surface area (Å²) in [5, 5.41) is 3.70. The van der Waals surface area contributed by atoms with Crippen molar-refractivity contribution in [2.24, 2.45) is 0 Å². The molecule has 1 saturated heterocycles. The highest BCUT2D eigenvalue weighted by atomic mass is 16.5. The van der Waals surface area contributed by atoms with E-state index in [2.05, 4.69) is 50.4 Å².